The van der Waals surface area contributed by atoms with E-state index >= 15 is 17.6 Å². The first-order valence-electron chi connectivity index (χ1n) is 15.7. The Hall–Kier alpha value is -4.13. The van der Waals surface area contributed by atoms with Crippen LogP contribution in [0.15, 0.2) is 99.6 Å². The van der Waals surface area contributed by atoms with Gasteiger partial charge in [0, 0.05) is 14.7 Å². The molecule has 0 saturated carbocycles. The van der Waals surface area contributed by atoms with Gasteiger partial charge in [-0.1, -0.05) is 69.3 Å². The lowest BCUT2D eigenvalue weighted by Gasteiger charge is -2.45. The Morgan fingerprint density at radius 3 is 0.933 bits per heavy atom. The highest BCUT2D eigenvalue weighted by atomic mass is 32.3. The summed E-state index contributed by atoms with van der Waals surface area (Å²) in [5.74, 6) is -94.5. The predicted octanol–water partition coefficient (Wildman–Crippen LogP) is 13.6. The molecule has 0 atom stereocenters. The highest BCUT2D eigenvalue weighted by molar-refractivity contribution is 8.30. The molecule has 60 heavy (non-hydrogen) atoms. The maximum atomic E-state index is 15.4. The van der Waals surface area contributed by atoms with Gasteiger partial charge < -0.3 is 4.18 Å². The van der Waals surface area contributed by atoms with E-state index in [2.05, 4.69) is 0 Å². The molecule has 0 spiro atoms. The third-order valence-electron chi connectivity index (χ3n) is 8.56. The second-order valence-electron chi connectivity index (χ2n) is 13.6. The Kier molecular flexibility index (Phi) is 12.4. The van der Waals surface area contributed by atoms with Crippen molar-refractivity contribution in [3.8, 4) is 0 Å². The van der Waals surface area contributed by atoms with E-state index in [-0.39, 0.29) is 0 Å². The quantitative estimate of drug-likeness (QED) is 0.151. The molecule has 0 unspecified atom stereocenters. The van der Waals surface area contributed by atoms with Crippen LogP contribution in [0.1, 0.15) is 26.3 Å². The van der Waals surface area contributed by atoms with E-state index in [0.717, 1.165) is 60.7 Å². The van der Waals surface area contributed by atoms with Gasteiger partial charge in [0.05, 0.1) is 0 Å². The van der Waals surface area contributed by atoms with Crippen molar-refractivity contribution in [1.29, 1.82) is 0 Å². The molecule has 3 rings (SSSR count). The molecule has 2 nitrogen and oxygen atoms in total. The van der Waals surface area contributed by atoms with Crippen LogP contribution in [-0.2, 0) is 14.4 Å². The first-order chi connectivity index (χ1) is 26.5. The van der Waals surface area contributed by atoms with E-state index in [0.29, 0.717) is 5.56 Å². The van der Waals surface area contributed by atoms with Gasteiger partial charge in [0.15, 0.2) is 0 Å². The topological polar surface area (TPSA) is 26.3 Å². The van der Waals surface area contributed by atoms with Crippen LogP contribution in [0, 0.1) is 0 Å². The van der Waals surface area contributed by atoms with Crippen molar-refractivity contribution in [1.82, 2.24) is 0 Å². The van der Waals surface area contributed by atoms with Gasteiger partial charge in [-0.2, -0.15) is 101 Å². The summed E-state index contributed by atoms with van der Waals surface area (Å²) in [5.41, 5.74) is -0.267. The highest BCUT2D eigenvalue weighted by Crippen LogP contribution is 2.71. The van der Waals surface area contributed by atoms with E-state index in [4.69, 9.17) is 4.18 Å². The predicted molar refractivity (Wildman–Crippen MR) is 162 cm³/mol. The maximum absolute atomic E-state index is 15.4. The monoisotopic (exact) mass is 932 g/mol. The van der Waals surface area contributed by atoms with Gasteiger partial charge in [-0.05, 0) is 57.7 Å². The van der Waals surface area contributed by atoms with Crippen molar-refractivity contribution in [2.24, 2.45) is 0 Å². The molecule has 0 saturated heterocycles. The molecule has 0 heterocycles. The minimum absolute atomic E-state index is 0.435. The van der Waals surface area contributed by atoms with Crippen LogP contribution < -0.4 is 0 Å². The second-order valence-corrected chi connectivity index (χ2v) is 16.3. The first kappa shape index (κ1) is 50.2. The highest BCUT2D eigenvalue weighted by Gasteiger charge is 2.99. The zero-order valence-electron chi connectivity index (χ0n) is 29.5. The van der Waals surface area contributed by atoms with Gasteiger partial charge in [0.25, 0.3) is 0 Å². The SMILES string of the molecule is CC(C)(C)c1ccc(S(OC(=O)C(F)(F)C(F)(F)C(F)(F)C(F)(F)C(F)(F)C(F)(F)C(F)(F)C(F)(F)C(F)(F)C(F)(F)C(F)(F)F)(c2ccccc2)c2ccccc2)cc1. The standard InChI is InChI=1S/C34H23F23O2S/c1-23(2,3)18-14-16-21(17-15-18)60(19-10-6-4-7-11-19,20-12-8-5-9-13-20)59-22(58)24(35,36)25(37,38)26(39,40)27(41,42)28(43,44)29(45,46)30(47,48)31(49,50)32(51,52)33(53,54)34(55,56)57/h4-17H,1-3H3. The van der Waals surface area contributed by atoms with E-state index < -0.39 is 102 Å². The van der Waals surface area contributed by atoms with E-state index in [9.17, 15) is 88.2 Å². The Morgan fingerprint density at radius 2 is 0.650 bits per heavy atom. The van der Waals surface area contributed by atoms with Crippen LogP contribution in [-0.4, -0.2) is 71.4 Å². The fraction of sp³-hybridized carbons (Fsp3) is 0.441. The first-order valence-corrected chi connectivity index (χ1v) is 17.2. The lowest BCUT2D eigenvalue weighted by atomic mass is 9.85. The largest absolute Gasteiger partial charge is 0.460 e. The van der Waals surface area contributed by atoms with Crippen LogP contribution in [0.2, 0.25) is 0 Å². The van der Waals surface area contributed by atoms with Crippen LogP contribution in [0.3, 0.4) is 0 Å². The zero-order chi connectivity index (χ0) is 47.0. The minimum Gasteiger partial charge on any atom is -0.397 e. The third-order valence-corrected chi connectivity index (χ3v) is 11.8. The number of carbonyl (C=O) groups is 1. The molecule has 3 aromatic rings. The lowest BCUT2D eigenvalue weighted by molar-refractivity contribution is -0.477. The summed E-state index contributed by atoms with van der Waals surface area (Å²) in [6.45, 7) is 4.93. The number of alkyl halides is 23. The fourth-order valence-electron chi connectivity index (χ4n) is 4.97. The summed E-state index contributed by atoms with van der Waals surface area (Å²) in [6.07, 6.45) is -8.16. The molecule has 0 radical (unpaired) electrons. The van der Waals surface area contributed by atoms with E-state index in [1.54, 1.807) is 20.8 Å². The average Bonchev–Trinajstić information content (AvgIpc) is 3.12. The average molecular weight is 933 g/mol. The van der Waals surface area contributed by atoms with Gasteiger partial charge >= 0.3 is 71.4 Å². The molecule has 338 valence electrons. The number of benzene rings is 3. The van der Waals surface area contributed by atoms with Gasteiger partial charge in [-0.25, -0.2) is 4.79 Å². The van der Waals surface area contributed by atoms with Gasteiger partial charge in [-0.3, -0.25) is 0 Å². The van der Waals surface area contributed by atoms with Gasteiger partial charge in [0.2, 0.25) is 0 Å². The smallest absolute Gasteiger partial charge is 0.397 e. The molecular weight excluding hydrogens is 909 g/mol. The Bertz CT molecular complexity index is 1950. The molecule has 0 aromatic heterocycles. The lowest BCUT2D eigenvalue weighted by Crippen LogP contribution is -2.78. The fourth-order valence-corrected chi connectivity index (χ4v) is 8.01. The van der Waals surface area contributed by atoms with Crippen molar-refractivity contribution in [2.75, 3.05) is 0 Å². The number of hydrogen-bond donors (Lipinski definition) is 0. The van der Waals surface area contributed by atoms with Crippen molar-refractivity contribution in [3.63, 3.8) is 0 Å². The molecule has 0 aliphatic carbocycles. The third kappa shape index (κ3) is 6.98. The van der Waals surface area contributed by atoms with Crippen LogP contribution >= 0.6 is 10.3 Å². The molecule has 0 N–H and O–H groups in total. The van der Waals surface area contributed by atoms with Crippen LogP contribution in [0.25, 0.3) is 0 Å². The Balaban J connectivity index is 2.26. The van der Waals surface area contributed by atoms with Crippen molar-refractivity contribution < 1.29 is 110 Å². The van der Waals surface area contributed by atoms with E-state index in [1.807, 2.05) is 0 Å². The molecule has 0 fully saturated rings. The van der Waals surface area contributed by atoms with Crippen molar-refractivity contribution in [2.45, 2.75) is 106 Å². The van der Waals surface area contributed by atoms with E-state index in [1.165, 1.54) is 24.3 Å². The molecule has 0 bridgehead atoms. The Labute approximate surface area is 323 Å². The summed E-state index contributed by atoms with van der Waals surface area (Å²) in [4.78, 5) is 11.7. The maximum Gasteiger partial charge on any atom is 0.460 e. The molecule has 26 heteroatoms. The van der Waals surface area contributed by atoms with Crippen molar-refractivity contribution >= 4 is 16.3 Å². The van der Waals surface area contributed by atoms with Crippen LogP contribution in [0.4, 0.5) is 101 Å². The number of carbonyl (C=O) groups excluding carboxylic acids is 1. The zero-order valence-corrected chi connectivity index (χ0v) is 30.3. The molecule has 0 aliphatic rings. The molecule has 0 aliphatic heterocycles. The summed E-state index contributed by atoms with van der Waals surface area (Å²) < 4.78 is 328. The van der Waals surface area contributed by atoms with Crippen LogP contribution in [0.5, 0.6) is 0 Å². The second kappa shape index (κ2) is 14.8. The molecule has 3 aromatic carbocycles. The molecular formula is C34H23F23O2S. The number of rotatable bonds is 14. The summed E-state index contributed by atoms with van der Waals surface area (Å²) in [5, 5.41) is 0. The Morgan fingerprint density at radius 1 is 0.383 bits per heavy atom. The number of halogens is 23. The summed E-state index contributed by atoms with van der Waals surface area (Å²) in [7, 11) is -4.40. The van der Waals surface area contributed by atoms with Gasteiger partial charge in [-0.15, -0.1) is 0 Å². The van der Waals surface area contributed by atoms with Crippen molar-refractivity contribution in [3.05, 3.63) is 90.5 Å². The minimum atomic E-state index is -9.56. The summed E-state index contributed by atoms with van der Waals surface area (Å²) in [6, 6.07) is 15.2. The normalized spacial score (nSPS) is 15.5. The van der Waals surface area contributed by atoms with Gasteiger partial charge in [0.1, 0.15) is 0 Å². The summed E-state index contributed by atoms with van der Waals surface area (Å²) >= 11 is 0. The number of hydrogen-bond acceptors (Lipinski definition) is 2. The molecule has 0 amide bonds.